The third-order valence-corrected chi connectivity index (χ3v) is 6.82. The molecule has 2 heterocycles. The molecule has 6 nitrogen and oxygen atoms in total. The van der Waals surface area contributed by atoms with Crippen LogP contribution in [0.15, 0.2) is 36.4 Å². The lowest BCUT2D eigenvalue weighted by molar-refractivity contribution is -0.121. The Labute approximate surface area is 186 Å². The summed E-state index contributed by atoms with van der Waals surface area (Å²) < 4.78 is 1.08. The number of fused-ring (bicyclic) bond motifs is 1. The monoisotopic (exact) mass is 436 g/mol. The first-order chi connectivity index (χ1) is 14.9. The molecule has 1 aliphatic heterocycles. The lowest BCUT2D eigenvalue weighted by Gasteiger charge is -2.30. The van der Waals surface area contributed by atoms with Crippen LogP contribution < -0.4 is 10.6 Å². The zero-order valence-electron chi connectivity index (χ0n) is 18.2. The molecule has 0 saturated carbocycles. The van der Waals surface area contributed by atoms with Gasteiger partial charge in [-0.1, -0.05) is 23.5 Å². The number of nitrogens with zero attached hydrogens (tertiary/aromatic N) is 2. The molecule has 0 unspecified atom stereocenters. The van der Waals surface area contributed by atoms with Crippen LogP contribution in [0.3, 0.4) is 0 Å². The normalized spacial score (nSPS) is 15.2. The van der Waals surface area contributed by atoms with Gasteiger partial charge < -0.3 is 10.6 Å². The number of likely N-dealkylation sites (tertiary alicyclic amines) is 1. The van der Waals surface area contributed by atoms with Crippen molar-refractivity contribution in [2.24, 2.45) is 5.92 Å². The van der Waals surface area contributed by atoms with E-state index in [0.717, 1.165) is 47.4 Å². The predicted molar refractivity (Wildman–Crippen MR) is 127 cm³/mol. The number of hydrogen-bond acceptors (Lipinski definition) is 5. The smallest absolute Gasteiger partial charge is 0.238 e. The number of rotatable bonds is 5. The molecule has 4 rings (SSSR count). The van der Waals surface area contributed by atoms with E-state index in [1.54, 1.807) is 0 Å². The zero-order valence-corrected chi connectivity index (χ0v) is 19.0. The van der Waals surface area contributed by atoms with Crippen molar-refractivity contribution in [2.45, 2.75) is 33.6 Å². The first-order valence-electron chi connectivity index (χ1n) is 10.6. The van der Waals surface area contributed by atoms with Gasteiger partial charge in [0.15, 0.2) is 5.13 Å². The molecule has 1 fully saturated rings. The van der Waals surface area contributed by atoms with Crippen LogP contribution in [0.5, 0.6) is 0 Å². The van der Waals surface area contributed by atoms with Crippen LogP contribution in [0, 0.1) is 26.7 Å². The summed E-state index contributed by atoms with van der Waals surface area (Å²) in [4.78, 5) is 31.7. The summed E-state index contributed by atoms with van der Waals surface area (Å²) in [7, 11) is 0. The van der Waals surface area contributed by atoms with Gasteiger partial charge in [-0.3, -0.25) is 14.5 Å². The molecule has 0 radical (unpaired) electrons. The maximum atomic E-state index is 12.7. The maximum absolute atomic E-state index is 12.7. The Balaban J connectivity index is 1.26. The van der Waals surface area contributed by atoms with Crippen LogP contribution in [0.25, 0.3) is 10.2 Å². The summed E-state index contributed by atoms with van der Waals surface area (Å²) in [5, 5.41) is 6.62. The van der Waals surface area contributed by atoms with Crippen LogP contribution in [0.2, 0.25) is 0 Å². The second-order valence-electron chi connectivity index (χ2n) is 8.38. The van der Waals surface area contributed by atoms with Gasteiger partial charge in [0.2, 0.25) is 11.8 Å². The van der Waals surface area contributed by atoms with Crippen molar-refractivity contribution in [1.29, 1.82) is 0 Å². The van der Waals surface area contributed by atoms with E-state index in [-0.39, 0.29) is 17.7 Å². The quantitative estimate of drug-likeness (QED) is 0.617. The number of piperidine rings is 1. The molecule has 7 heteroatoms. The molecule has 0 atom stereocenters. The van der Waals surface area contributed by atoms with Crippen LogP contribution in [-0.4, -0.2) is 41.3 Å². The third kappa shape index (κ3) is 5.29. The molecule has 0 spiro atoms. The predicted octanol–water partition coefficient (Wildman–Crippen LogP) is 4.51. The van der Waals surface area contributed by atoms with Crippen LogP contribution in [0.4, 0.5) is 10.8 Å². The van der Waals surface area contributed by atoms with Gasteiger partial charge in [-0.25, -0.2) is 4.98 Å². The summed E-state index contributed by atoms with van der Waals surface area (Å²) in [5.74, 6) is -0.0428. The first-order valence-corrected chi connectivity index (χ1v) is 11.5. The number of aryl methyl sites for hydroxylation is 3. The van der Waals surface area contributed by atoms with Gasteiger partial charge in [0.25, 0.3) is 0 Å². The molecular weight excluding hydrogens is 408 g/mol. The van der Waals surface area contributed by atoms with Crippen molar-refractivity contribution in [1.82, 2.24) is 9.88 Å². The molecule has 1 saturated heterocycles. The maximum Gasteiger partial charge on any atom is 0.238 e. The first kappa shape index (κ1) is 21.5. The number of benzene rings is 2. The Morgan fingerprint density at radius 2 is 1.81 bits per heavy atom. The Kier molecular flexibility index (Phi) is 6.34. The lowest BCUT2D eigenvalue weighted by Crippen LogP contribution is -2.41. The summed E-state index contributed by atoms with van der Waals surface area (Å²) in [6.45, 7) is 7.95. The SMILES string of the molecule is Cc1ccc2nc(NC(=O)C3CCN(CC(=O)Nc4ccc(C)c(C)c4)CC3)sc2c1. The highest BCUT2D eigenvalue weighted by Gasteiger charge is 2.26. The van der Waals surface area contributed by atoms with E-state index < -0.39 is 0 Å². The van der Waals surface area contributed by atoms with Gasteiger partial charge in [0.05, 0.1) is 16.8 Å². The number of anilines is 2. The molecule has 2 aromatic carbocycles. The van der Waals surface area contributed by atoms with E-state index in [1.807, 2.05) is 44.2 Å². The standard InChI is InChI=1S/C24H28N4O2S/c1-15-4-7-20-21(12-15)31-24(26-20)27-23(30)18-8-10-28(11-9-18)14-22(29)25-19-6-5-16(2)17(3)13-19/h4-7,12-13,18H,8-11,14H2,1-3H3,(H,25,29)(H,26,27,30). The van der Waals surface area contributed by atoms with Gasteiger partial charge in [-0.05, 0) is 87.7 Å². The average molecular weight is 437 g/mol. The van der Waals surface area contributed by atoms with E-state index in [9.17, 15) is 9.59 Å². The Morgan fingerprint density at radius 3 is 2.55 bits per heavy atom. The largest absolute Gasteiger partial charge is 0.325 e. The van der Waals surface area contributed by atoms with E-state index in [1.165, 1.54) is 22.5 Å². The lowest BCUT2D eigenvalue weighted by atomic mass is 9.96. The molecule has 1 aliphatic rings. The molecule has 2 amide bonds. The fraction of sp³-hybridized carbons (Fsp3) is 0.375. The Hall–Kier alpha value is -2.77. The third-order valence-electron chi connectivity index (χ3n) is 5.89. The summed E-state index contributed by atoms with van der Waals surface area (Å²) in [6, 6.07) is 12.0. The number of carbonyl (C=O) groups is 2. The fourth-order valence-electron chi connectivity index (χ4n) is 3.87. The van der Waals surface area contributed by atoms with Gasteiger partial charge in [-0.15, -0.1) is 0 Å². The topological polar surface area (TPSA) is 74.3 Å². The van der Waals surface area contributed by atoms with Crippen molar-refractivity contribution in [3.63, 3.8) is 0 Å². The van der Waals surface area contributed by atoms with Gasteiger partial charge in [-0.2, -0.15) is 0 Å². The Morgan fingerprint density at radius 1 is 1.03 bits per heavy atom. The minimum absolute atomic E-state index is 0.0177. The van der Waals surface area contributed by atoms with Crippen molar-refractivity contribution in [2.75, 3.05) is 30.3 Å². The summed E-state index contributed by atoms with van der Waals surface area (Å²) in [6.07, 6.45) is 1.49. The molecule has 0 aliphatic carbocycles. The highest BCUT2D eigenvalue weighted by molar-refractivity contribution is 7.22. The molecule has 31 heavy (non-hydrogen) atoms. The van der Waals surface area contributed by atoms with E-state index in [2.05, 4.69) is 33.5 Å². The van der Waals surface area contributed by atoms with E-state index >= 15 is 0 Å². The number of aromatic nitrogens is 1. The molecule has 162 valence electrons. The zero-order chi connectivity index (χ0) is 22.0. The fourth-order valence-corrected chi connectivity index (χ4v) is 4.84. The molecule has 1 aromatic heterocycles. The minimum atomic E-state index is -0.0483. The van der Waals surface area contributed by atoms with Crippen molar-refractivity contribution >= 4 is 44.2 Å². The second kappa shape index (κ2) is 9.16. The van der Waals surface area contributed by atoms with Crippen molar-refractivity contribution < 1.29 is 9.59 Å². The molecular formula is C24H28N4O2S. The molecule has 2 N–H and O–H groups in total. The number of hydrogen-bond donors (Lipinski definition) is 2. The average Bonchev–Trinajstić information content (AvgIpc) is 3.12. The number of nitrogens with one attached hydrogen (secondary N) is 2. The van der Waals surface area contributed by atoms with E-state index in [0.29, 0.717) is 11.7 Å². The van der Waals surface area contributed by atoms with Gasteiger partial charge >= 0.3 is 0 Å². The van der Waals surface area contributed by atoms with Crippen molar-refractivity contribution in [3.05, 3.63) is 53.1 Å². The van der Waals surface area contributed by atoms with Crippen molar-refractivity contribution in [3.8, 4) is 0 Å². The number of carbonyl (C=O) groups excluding carboxylic acids is 2. The van der Waals surface area contributed by atoms with Gasteiger partial charge in [0.1, 0.15) is 0 Å². The summed E-state index contributed by atoms with van der Waals surface area (Å²) in [5.41, 5.74) is 5.29. The highest BCUT2D eigenvalue weighted by atomic mass is 32.1. The number of amides is 2. The molecule has 3 aromatic rings. The second-order valence-corrected chi connectivity index (χ2v) is 9.41. The van der Waals surface area contributed by atoms with Crippen LogP contribution in [-0.2, 0) is 9.59 Å². The molecule has 0 bridgehead atoms. The summed E-state index contributed by atoms with van der Waals surface area (Å²) >= 11 is 1.51. The van der Waals surface area contributed by atoms with E-state index in [4.69, 9.17) is 0 Å². The Bertz CT molecular complexity index is 1120. The number of thiazole rings is 1. The van der Waals surface area contributed by atoms with Crippen LogP contribution >= 0.6 is 11.3 Å². The van der Waals surface area contributed by atoms with Crippen LogP contribution in [0.1, 0.15) is 29.5 Å². The minimum Gasteiger partial charge on any atom is -0.325 e. The highest BCUT2D eigenvalue weighted by Crippen LogP contribution is 2.28. The van der Waals surface area contributed by atoms with Gasteiger partial charge in [0, 0.05) is 11.6 Å².